The van der Waals surface area contributed by atoms with Crippen molar-refractivity contribution in [3.05, 3.63) is 40.1 Å². The molecule has 1 aromatic carbocycles. The Morgan fingerprint density at radius 3 is 2.57 bits per heavy atom. The first-order valence-corrected chi connectivity index (χ1v) is 6.91. The molecule has 0 bridgehead atoms. The van der Waals surface area contributed by atoms with E-state index in [9.17, 15) is 13.2 Å². The van der Waals surface area contributed by atoms with Gasteiger partial charge in [-0.2, -0.15) is 22.8 Å². The van der Waals surface area contributed by atoms with Crippen molar-refractivity contribution in [1.29, 1.82) is 0 Å². The third-order valence-corrected chi connectivity index (χ3v) is 3.72. The van der Waals surface area contributed by atoms with E-state index in [4.69, 9.17) is 11.6 Å². The minimum atomic E-state index is -4.58. The lowest BCUT2D eigenvalue weighted by atomic mass is 10.3. The Hall–Kier alpha value is -1.87. The van der Waals surface area contributed by atoms with E-state index in [0.29, 0.717) is 14.5 Å². The molecule has 0 atom stereocenters. The van der Waals surface area contributed by atoms with Gasteiger partial charge in [-0.1, -0.05) is 22.9 Å². The number of benzene rings is 1. The normalized spacial score (nSPS) is 12.0. The number of aromatic nitrogens is 4. The zero-order chi connectivity index (χ0) is 15.0. The fraction of sp³-hybridized carbons (Fsp3) is 0.182. The summed E-state index contributed by atoms with van der Waals surface area (Å²) >= 11 is 6.81. The van der Waals surface area contributed by atoms with E-state index in [0.717, 1.165) is 17.0 Å². The van der Waals surface area contributed by atoms with Crippen LogP contribution in [0.1, 0.15) is 10.8 Å². The summed E-state index contributed by atoms with van der Waals surface area (Å²) in [7, 11) is 0. The molecule has 0 spiro atoms. The first kappa shape index (κ1) is 14.1. The fourth-order valence-corrected chi connectivity index (χ4v) is 2.55. The van der Waals surface area contributed by atoms with Gasteiger partial charge in [-0.15, -0.1) is 10.2 Å². The van der Waals surface area contributed by atoms with Crippen molar-refractivity contribution in [2.75, 3.05) is 5.32 Å². The third kappa shape index (κ3) is 2.93. The maximum Gasteiger partial charge on any atom is 0.453 e. The van der Waals surface area contributed by atoms with Gasteiger partial charge in [-0.3, -0.25) is 0 Å². The summed E-state index contributed by atoms with van der Waals surface area (Å²) in [6.45, 7) is 0.285. The molecule has 0 saturated carbocycles. The molecule has 21 heavy (non-hydrogen) atoms. The maximum atomic E-state index is 12.7. The van der Waals surface area contributed by atoms with Crippen LogP contribution in [0.15, 0.2) is 24.3 Å². The molecule has 0 aliphatic carbocycles. The second kappa shape index (κ2) is 5.15. The molecule has 0 unspecified atom stereocenters. The molecule has 110 valence electrons. The Labute approximate surface area is 125 Å². The SMILES string of the molecule is FC(F)(F)c1nnc2sc(CNc3ccc(Cl)cc3)nn12. The van der Waals surface area contributed by atoms with Crippen molar-refractivity contribution in [3.63, 3.8) is 0 Å². The number of fused-ring (bicyclic) bond motifs is 1. The van der Waals surface area contributed by atoms with E-state index in [1.54, 1.807) is 24.3 Å². The van der Waals surface area contributed by atoms with Gasteiger partial charge in [0.05, 0.1) is 6.54 Å². The maximum absolute atomic E-state index is 12.7. The predicted octanol–water partition coefficient (Wildman–Crippen LogP) is 3.47. The number of nitrogens with one attached hydrogen (secondary N) is 1. The average Bonchev–Trinajstić information content (AvgIpc) is 2.96. The third-order valence-electron chi connectivity index (χ3n) is 2.57. The molecule has 3 aromatic rings. The Morgan fingerprint density at radius 1 is 1.19 bits per heavy atom. The highest BCUT2D eigenvalue weighted by Gasteiger charge is 2.38. The molecule has 0 aliphatic rings. The molecule has 0 radical (unpaired) electrons. The van der Waals surface area contributed by atoms with Crippen molar-refractivity contribution in [2.45, 2.75) is 12.7 Å². The second-order valence-corrected chi connectivity index (χ2v) is 5.55. The minimum absolute atomic E-state index is 0.107. The lowest BCUT2D eigenvalue weighted by molar-refractivity contribution is -0.146. The molecule has 5 nitrogen and oxygen atoms in total. The molecule has 2 aromatic heterocycles. The van der Waals surface area contributed by atoms with Crippen LogP contribution in [0.4, 0.5) is 18.9 Å². The highest BCUT2D eigenvalue weighted by molar-refractivity contribution is 7.16. The van der Waals surface area contributed by atoms with Crippen LogP contribution in [0.3, 0.4) is 0 Å². The number of rotatable bonds is 3. The Kier molecular flexibility index (Phi) is 3.46. The van der Waals surface area contributed by atoms with Crippen LogP contribution < -0.4 is 5.32 Å². The molecular formula is C11H7ClF3N5S. The van der Waals surface area contributed by atoms with Crippen molar-refractivity contribution in [3.8, 4) is 0 Å². The standard InChI is InChI=1S/C11H7ClF3N5S/c12-6-1-3-7(4-2-6)16-5-8-19-20-9(11(13,14)15)17-18-10(20)21-8/h1-4,16H,5H2. The van der Waals surface area contributed by atoms with Crippen molar-refractivity contribution < 1.29 is 13.2 Å². The summed E-state index contributed by atoms with van der Waals surface area (Å²) in [6, 6.07) is 6.96. The smallest absolute Gasteiger partial charge is 0.378 e. The van der Waals surface area contributed by atoms with Crippen LogP contribution in [-0.2, 0) is 12.7 Å². The predicted molar refractivity (Wildman–Crippen MR) is 72.4 cm³/mol. The van der Waals surface area contributed by atoms with Crippen molar-refractivity contribution in [1.82, 2.24) is 19.8 Å². The summed E-state index contributed by atoms with van der Waals surface area (Å²) in [6.07, 6.45) is -4.58. The average molecular weight is 334 g/mol. The number of anilines is 1. The molecule has 2 heterocycles. The van der Waals surface area contributed by atoms with E-state index < -0.39 is 12.0 Å². The Morgan fingerprint density at radius 2 is 1.90 bits per heavy atom. The summed E-state index contributed by atoms with van der Waals surface area (Å²) in [5, 5.41) is 14.6. The lowest BCUT2D eigenvalue weighted by Crippen LogP contribution is -2.12. The van der Waals surface area contributed by atoms with Gasteiger partial charge in [0.2, 0.25) is 4.96 Å². The van der Waals surface area contributed by atoms with Gasteiger partial charge in [-0.25, -0.2) is 0 Å². The molecule has 3 rings (SSSR count). The van der Waals surface area contributed by atoms with E-state index in [1.807, 2.05) is 0 Å². The molecule has 0 aliphatic heterocycles. The van der Waals surface area contributed by atoms with Crippen LogP contribution in [0, 0.1) is 0 Å². The van der Waals surface area contributed by atoms with Gasteiger partial charge in [0, 0.05) is 10.7 Å². The van der Waals surface area contributed by atoms with Crippen molar-refractivity contribution in [2.24, 2.45) is 0 Å². The number of halogens is 4. The highest BCUT2D eigenvalue weighted by atomic mass is 35.5. The summed E-state index contributed by atoms with van der Waals surface area (Å²) in [4.78, 5) is 0.107. The summed E-state index contributed by atoms with van der Waals surface area (Å²) in [5.74, 6) is -1.12. The zero-order valence-corrected chi connectivity index (χ0v) is 11.8. The quantitative estimate of drug-likeness (QED) is 0.797. The number of alkyl halides is 3. The lowest BCUT2D eigenvalue weighted by Gasteiger charge is -2.03. The highest BCUT2D eigenvalue weighted by Crippen LogP contribution is 2.29. The van der Waals surface area contributed by atoms with E-state index in [1.165, 1.54) is 0 Å². The summed E-state index contributed by atoms with van der Waals surface area (Å²) < 4.78 is 38.7. The molecular weight excluding hydrogens is 327 g/mol. The number of hydrogen-bond donors (Lipinski definition) is 1. The summed E-state index contributed by atoms with van der Waals surface area (Å²) in [5.41, 5.74) is 0.793. The van der Waals surface area contributed by atoms with E-state index in [2.05, 4.69) is 20.6 Å². The van der Waals surface area contributed by atoms with Gasteiger partial charge in [0.25, 0.3) is 5.82 Å². The van der Waals surface area contributed by atoms with Crippen LogP contribution in [0.2, 0.25) is 5.02 Å². The first-order chi connectivity index (χ1) is 9.93. The minimum Gasteiger partial charge on any atom is -0.378 e. The van der Waals surface area contributed by atoms with Gasteiger partial charge in [0.1, 0.15) is 5.01 Å². The van der Waals surface area contributed by atoms with E-state index >= 15 is 0 Å². The van der Waals surface area contributed by atoms with Crippen LogP contribution in [-0.4, -0.2) is 19.8 Å². The topological polar surface area (TPSA) is 55.1 Å². The van der Waals surface area contributed by atoms with Gasteiger partial charge < -0.3 is 5.32 Å². The molecule has 10 heteroatoms. The monoisotopic (exact) mass is 333 g/mol. The number of nitrogens with zero attached hydrogens (tertiary/aromatic N) is 4. The molecule has 0 fully saturated rings. The molecule has 0 amide bonds. The Bertz CT molecular complexity index is 764. The van der Waals surface area contributed by atoms with Crippen LogP contribution in [0.5, 0.6) is 0 Å². The van der Waals surface area contributed by atoms with Crippen molar-refractivity contribution >= 4 is 33.6 Å². The first-order valence-electron chi connectivity index (χ1n) is 5.71. The zero-order valence-electron chi connectivity index (χ0n) is 10.2. The van der Waals surface area contributed by atoms with Crippen LogP contribution in [0.25, 0.3) is 4.96 Å². The second-order valence-electron chi connectivity index (χ2n) is 4.07. The van der Waals surface area contributed by atoms with Gasteiger partial charge in [-0.05, 0) is 24.3 Å². The Balaban J connectivity index is 1.79. The molecule has 0 saturated heterocycles. The molecule has 1 N–H and O–H groups in total. The van der Waals surface area contributed by atoms with E-state index in [-0.39, 0.29) is 11.5 Å². The van der Waals surface area contributed by atoms with Gasteiger partial charge >= 0.3 is 6.18 Å². The van der Waals surface area contributed by atoms with Gasteiger partial charge in [0.15, 0.2) is 0 Å². The van der Waals surface area contributed by atoms with Crippen LogP contribution >= 0.6 is 22.9 Å². The number of hydrogen-bond acceptors (Lipinski definition) is 5. The fourth-order valence-electron chi connectivity index (χ4n) is 1.65. The largest absolute Gasteiger partial charge is 0.453 e.